The molecule has 5 heteroatoms. The lowest BCUT2D eigenvalue weighted by molar-refractivity contribution is -0.119. The second kappa shape index (κ2) is 3.76. The number of Topliss-reactive ketones (excluding diaryl/α,β-unsaturated/α-hetero) is 2. The Balaban J connectivity index is 2.60. The Kier molecular flexibility index (Phi) is 2.53. The van der Waals surface area contributed by atoms with Crippen molar-refractivity contribution in [2.24, 2.45) is 0 Å². The van der Waals surface area contributed by atoms with E-state index in [0.717, 1.165) is 4.90 Å². The van der Waals surface area contributed by atoms with E-state index in [2.05, 4.69) is 0 Å². The number of nitrogens with zero attached hydrogens (tertiary/aromatic N) is 1. The van der Waals surface area contributed by atoms with Crippen molar-refractivity contribution >= 4 is 23.2 Å². The topological polar surface area (TPSA) is 54.5 Å². The van der Waals surface area contributed by atoms with Gasteiger partial charge in [0.05, 0.1) is 17.8 Å². The standard InChI is InChI=1S/C12H10FNO3/c1-6-3-8-10(9(13)4-6)14(5-7(2)15)12(17)11(8)16/h3-4H,5H2,1-2H3. The van der Waals surface area contributed by atoms with Crippen LogP contribution in [0.5, 0.6) is 0 Å². The van der Waals surface area contributed by atoms with Crippen molar-refractivity contribution in [2.45, 2.75) is 13.8 Å². The number of aryl methyl sites for hydroxylation is 1. The molecule has 1 aromatic rings. The number of fused-ring (bicyclic) bond motifs is 1. The summed E-state index contributed by atoms with van der Waals surface area (Å²) in [5.41, 5.74) is 0.515. The Bertz CT molecular complexity index is 551. The predicted molar refractivity (Wildman–Crippen MR) is 58.5 cm³/mol. The molecule has 1 aromatic carbocycles. The maximum Gasteiger partial charge on any atom is 0.299 e. The number of ketones is 2. The number of hydrogen-bond acceptors (Lipinski definition) is 3. The Morgan fingerprint density at radius 3 is 2.59 bits per heavy atom. The highest BCUT2D eigenvalue weighted by molar-refractivity contribution is 6.52. The lowest BCUT2D eigenvalue weighted by Crippen LogP contribution is -2.34. The molecular weight excluding hydrogens is 225 g/mol. The Morgan fingerprint density at radius 1 is 1.35 bits per heavy atom. The summed E-state index contributed by atoms with van der Waals surface area (Å²) in [5.74, 6) is -2.57. The van der Waals surface area contributed by atoms with Gasteiger partial charge in [-0.15, -0.1) is 0 Å². The first kappa shape index (κ1) is 11.4. The number of carbonyl (C=O) groups is 3. The Hall–Kier alpha value is -2.04. The van der Waals surface area contributed by atoms with Gasteiger partial charge < -0.3 is 0 Å². The molecule has 2 rings (SSSR count). The number of carbonyl (C=O) groups excluding carboxylic acids is 3. The zero-order valence-corrected chi connectivity index (χ0v) is 9.41. The van der Waals surface area contributed by atoms with E-state index >= 15 is 0 Å². The van der Waals surface area contributed by atoms with Gasteiger partial charge in [0.1, 0.15) is 11.6 Å². The average Bonchev–Trinajstić information content (AvgIpc) is 2.43. The summed E-state index contributed by atoms with van der Waals surface area (Å²) in [4.78, 5) is 35.2. The van der Waals surface area contributed by atoms with Crippen LogP contribution in [0.2, 0.25) is 0 Å². The fraction of sp³-hybridized carbons (Fsp3) is 0.250. The summed E-state index contributed by atoms with van der Waals surface area (Å²) >= 11 is 0. The molecule has 0 spiro atoms. The van der Waals surface area contributed by atoms with Crippen LogP contribution in [0.25, 0.3) is 0 Å². The zero-order valence-electron chi connectivity index (χ0n) is 9.41. The minimum Gasteiger partial charge on any atom is -0.298 e. The molecule has 0 aliphatic carbocycles. The van der Waals surface area contributed by atoms with Crippen molar-refractivity contribution in [2.75, 3.05) is 11.4 Å². The van der Waals surface area contributed by atoms with Gasteiger partial charge in [-0.1, -0.05) is 0 Å². The molecule has 0 N–H and O–H groups in total. The van der Waals surface area contributed by atoms with Gasteiger partial charge in [0, 0.05) is 0 Å². The third-order valence-corrected chi connectivity index (χ3v) is 2.54. The molecule has 0 saturated heterocycles. The third kappa shape index (κ3) is 1.73. The molecule has 0 saturated carbocycles. The van der Waals surface area contributed by atoms with Gasteiger partial charge >= 0.3 is 0 Å². The summed E-state index contributed by atoms with van der Waals surface area (Å²) < 4.78 is 13.7. The minimum atomic E-state index is -0.847. The molecule has 0 aromatic heterocycles. The van der Waals surface area contributed by atoms with Crippen LogP contribution in [0.3, 0.4) is 0 Å². The van der Waals surface area contributed by atoms with E-state index in [1.807, 2.05) is 0 Å². The summed E-state index contributed by atoms with van der Waals surface area (Å²) in [6, 6.07) is 2.69. The fourth-order valence-corrected chi connectivity index (χ4v) is 1.89. The van der Waals surface area contributed by atoms with Crippen LogP contribution >= 0.6 is 0 Å². The van der Waals surface area contributed by atoms with Crippen LogP contribution < -0.4 is 4.90 Å². The van der Waals surface area contributed by atoms with E-state index in [0.29, 0.717) is 5.56 Å². The molecule has 1 aliphatic rings. The van der Waals surface area contributed by atoms with Gasteiger partial charge in [0.25, 0.3) is 11.7 Å². The smallest absolute Gasteiger partial charge is 0.298 e. The molecule has 1 aliphatic heterocycles. The van der Waals surface area contributed by atoms with Gasteiger partial charge in [-0.2, -0.15) is 0 Å². The SMILES string of the molecule is CC(=O)CN1C(=O)C(=O)c2cc(C)cc(F)c21. The van der Waals surface area contributed by atoms with E-state index in [1.54, 1.807) is 6.92 Å². The van der Waals surface area contributed by atoms with Crippen LogP contribution in [-0.2, 0) is 9.59 Å². The van der Waals surface area contributed by atoms with Crippen molar-refractivity contribution in [1.29, 1.82) is 0 Å². The van der Waals surface area contributed by atoms with Gasteiger partial charge in [-0.25, -0.2) is 4.39 Å². The van der Waals surface area contributed by atoms with E-state index in [-0.39, 0.29) is 23.6 Å². The van der Waals surface area contributed by atoms with Gasteiger partial charge in [0.15, 0.2) is 0 Å². The zero-order chi connectivity index (χ0) is 12.7. The van der Waals surface area contributed by atoms with Gasteiger partial charge in [-0.3, -0.25) is 19.3 Å². The summed E-state index contributed by atoms with van der Waals surface area (Å²) in [6.45, 7) is 2.63. The largest absolute Gasteiger partial charge is 0.299 e. The minimum absolute atomic E-state index is 0.0359. The maximum atomic E-state index is 13.7. The lowest BCUT2D eigenvalue weighted by atomic mass is 10.1. The van der Waals surface area contributed by atoms with Crippen molar-refractivity contribution in [1.82, 2.24) is 0 Å². The predicted octanol–water partition coefficient (Wildman–Crippen LogP) is 1.25. The van der Waals surface area contributed by atoms with Crippen LogP contribution in [0.15, 0.2) is 12.1 Å². The fourth-order valence-electron chi connectivity index (χ4n) is 1.89. The van der Waals surface area contributed by atoms with Crippen LogP contribution in [-0.4, -0.2) is 24.0 Å². The highest BCUT2D eigenvalue weighted by Gasteiger charge is 2.38. The van der Waals surface area contributed by atoms with Crippen LogP contribution in [0, 0.1) is 12.7 Å². The molecule has 88 valence electrons. The van der Waals surface area contributed by atoms with Crippen molar-refractivity contribution < 1.29 is 18.8 Å². The summed E-state index contributed by atoms with van der Waals surface area (Å²) in [7, 11) is 0. The highest BCUT2D eigenvalue weighted by Crippen LogP contribution is 2.32. The summed E-state index contributed by atoms with van der Waals surface area (Å²) in [5, 5.41) is 0. The van der Waals surface area contributed by atoms with Crippen molar-refractivity contribution in [3.63, 3.8) is 0 Å². The molecule has 0 fully saturated rings. The highest BCUT2D eigenvalue weighted by atomic mass is 19.1. The van der Waals surface area contributed by atoms with E-state index < -0.39 is 17.5 Å². The van der Waals surface area contributed by atoms with Crippen LogP contribution in [0.1, 0.15) is 22.8 Å². The molecule has 0 bridgehead atoms. The second-order valence-corrected chi connectivity index (χ2v) is 4.07. The van der Waals surface area contributed by atoms with Crippen molar-refractivity contribution in [3.05, 3.63) is 29.1 Å². The van der Waals surface area contributed by atoms with Crippen LogP contribution in [0.4, 0.5) is 10.1 Å². The number of amides is 1. The van der Waals surface area contributed by atoms with Crippen molar-refractivity contribution in [3.8, 4) is 0 Å². The first-order valence-corrected chi connectivity index (χ1v) is 5.07. The van der Waals surface area contributed by atoms with E-state index in [9.17, 15) is 18.8 Å². The molecule has 4 nitrogen and oxygen atoms in total. The summed E-state index contributed by atoms with van der Waals surface area (Å²) in [6.07, 6.45) is 0. The first-order chi connectivity index (χ1) is 7.91. The monoisotopic (exact) mass is 235 g/mol. The normalized spacial score (nSPS) is 14.2. The number of hydrogen-bond donors (Lipinski definition) is 0. The van der Waals surface area contributed by atoms with Gasteiger partial charge in [0.2, 0.25) is 0 Å². The second-order valence-electron chi connectivity index (χ2n) is 4.07. The molecular formula is C12H10FNO3. The lowest BCUT2D eigenvalue weighted by Gasteiger charge is -2.15. The molecule has 1 heterocycles. The average molecular weight is 235 g/mol. The number of halogens is 1. The molecule has 0 atom stereocenters. The van der Waals surface area contributed by atoms with Gasteiger partial charge in [-0.05, 0) is 31.5 Å². The molecule has 1 amide bonds. The first-order valence-electron chi connectivity index (χ1n) is 5.07. The number of rotatable bonds is 2. The third-order valence-electron chi connectivity index (χ3n) is 2.54. The Labute approximate surface area is 97.0 Å². The van der Waals surface area contributed by atoms with E-state index in [1.165, 1.54) is 19.1 Å². The van der Waals surface area contributed by atoms with E-state index in [4.69, 9.17) is 0 Å². The molecule has 0 radical (unpaired) electrons. The molecule has 0 unspecified atom stereocenters. The maximum absolute atomic E-state index is 13.7. The number of benzene rings is 1. The quantitative estimate of drug-likeness (QED) is 0.725. The number of anilines is 1. The Morgan fingerprint density at radius 2 is 2.00 bits per heavy atom. The molecule has 17 heavy (non-hydrogen) atoms.